The van der Waals surface area contributed by atoms with Gasteiger partial charge in [-0.2, -0.15) is 0 Å². The molecular weight excluding hydrogens is 278 g/mol. The Morgan fingerprint density at radius 2 is 2.10 bits per heavy atom. The van der Waals surface area contributed by atoms with Crippen molar-refractivity contribution in [1.29, 1.82) is 0 Å². The summed E-state index contributed by atoms with van der Waals surface area (Å²) in [6.45, 7) is 4.56. The summed E-state index contributed by atoms with van der Waals surface area (Å²) >= 11 is 2.08. The smallest absolute Gasteiger partial charge is 0.123 e. The Morgan fingerprint density at radius 3 is 2.76 bits per heavy atom. The molecule has 4 atom stereocenters. The van der Waals surface area contributed by atoms with E-state index < -0.39 is 0 Å². The number of methoxy groups -OCH3 is 1. The minimum atomic E-state index is 0.184. The van der Waals surface area contributed by atoms with E-state index in [2.05, 4.69) is 43.8 Å². The summed E-state index contributed by atoms with van der Waals surface area (Å²) in [5, 5.41) is 1.07. The van der Waals surface area contributed by atoms with Crippen molar-refractivity contribution in [1.82, 2.24) is 0 Å². The van der Waals surface area contributed by atoms with Gasteiger partial charge in [-0.25, -0.2) is 0 Å². The highest BCUT2D eigenvalue weighted by atomic mass is 32.2. The van der Waals surface area contributed by atoms with Gasteiger partial charge in [0.05, 0.1) is 7.11 Å². The average Bonchev–Trinajstić information content (AvgIpc) is 2.52. The minimum Gasteiger partial charge on any atom is -0.496 e. The van der Waals surface area contributed by atoms with Gasteiger partial charge in [-0.05, 0) is 31.2 Å². The third kappa shape index (κ3) is 4.40. The highest BCUT2D eigenvalue weighted by Crippen LogP contribution is 2.44. The maximum atomic E-state index is 6.45. The van der Waals surface area contributed by atoms with Gasteiger partial charge in [0, 0.05) is 22.1 Å². The van der Waals surface area contributed by atoms with Gasteiger partial charge < -0.3 is 10.5 Å². The standard InChI is InChI=1S/C18H29NOS/c1-4-16(19)18(15-10-5-6-11-17(15)20-3)21-14-9-7-8-13(2)12-14/h5-6,10-11,13-14,16,18H,4,7-9,12,19H2,1-3H3. The van der Waals surface area contributed by atoms with Crippen LogP contribution in [0.25, 0.3) is 0 Å². The van der Waals surface area contributed by atoms with Crippen LogP contribution in [0, 0.1) is 5.92 Å². The highest BCUT2D eigenvalue weighted by molar-refractivity contribution is 8.00. The van der Waals surface area contributed by atoms with Crippen LogP contribution in [-0.4, -0.2) is 18.4 Å². The molecule has 21 heavy (non-hydrogen) atoms. The van der Waals surface area contributed by atoms with Gasteiger partial charge in [-0.1, -0.05) is 44.9 Å². The molecule has 0 heterocycles. The summed E-state index contributed by atoms with van der Waals surface area (Å²) in [5.74, 6) is 1.83. The van der Waals surface area contributed by atoms with Gasteiger partial charge in [0.2, 0.25) is 0 Å². The summed E-state index contributed by atoms with van der Waals surface area (Å²) < 4.78 is 5.56. The van der Waals surface area contributed by atoms with E-state index in [1.54, 1.807) is 7.11 Å². The van der Waals surface area contributed by atoms with Crippen LogP contribution < -0.4 is 10.5 Å². The monoisotopic (exact) mass is 307 g/mol. The summed E-state index contributed by atoms with van der Waals surface area (Å²) in [7, 11) is 1.75. The molecule has 118 valence electrons. The Hall–Kier alpha value is -0.670. The summed E-state index contributed by atoms with van der Waals surface area (Å²) in [5.41, 5.74) is 7.71. The molecule has 2 nitrogen and oxygen atoms in total. The summed E-state index contributed by atoms with van der Waals surface area (Å²) in [4.78, 5) is 0. The Balaban J connectivity index is 2.18. The van der Waals surface area contributed by atoms with Crippen molar-refractivity contribution in [2.24, 2.45) is 11.7 Å². The van der Waals surface area contributed by atoms with E-state index in [4.69, 9.17) is 10.5 Å². The Labute approximate surface area is 133 Å². The predicted molar refractivity (Wildman–Crippen MR) is 93.0 cm³/mol. The lowest BCUT2D eigenvalue weighted by atomic mass is 9.90. The zero-order valence-electron chi connectivity index (χ0n) is 13.5. The molecule has 0 amide bonds. The molecule has 2 rings (SSSR count). The lowest BCUT2D eigenvalue weighted by molar-refractivity contribution is 0.391. The lowest BCUT2D eigenvalue weighted by Gasteiger charge is -2.32. The second-order valence-corrected chi connectivity index (χ2v) is 7.71. The highest BCUT2D eigenvalue weighted by Gasteiger charge is 2.28. The molecular formula is C18H29NOS. The van der Waals surface area contributed by atoms with Crippen LogP contribution in [-0.2, 0) is 0 Å². The molecule has 1 aliphatic carbocycles. The molecule has 0 aliphatic heterocycles. The first kappa shape index (κ1) is 16.7. The van der Waals surface area contributed by atoms with Gasteiger partial charge in [0.1, 0.15) is 5.75 Å². The van der Waals surface area contributed by atoms with Crippen molar-refractivity contribution in [3.8, 4) is 5.75 Å². The minimum absolute atomic E-state index is 0.184. The van der Waals surface area contributed by atoms with Crippen LogP contribution in [0.15, 0.2) is 24.3 Å². The first-order valence-corrected chi connectivity index (χ1v) is 9.13. The second-order valence-electron chi connectivity index (χ2n) is 6.26. The molecule has 1 fully saturated rings. The second kappa shape index (κ2) is 8.09. The topological polar surface area (TPSA) is 35.2 Å². The molecule has 3 heteroatoms. The number of thioether (sulfide) groups is 1. The molecule has 0 bridgehead atoms. The first-order chi connectivity index (χ1) is 10.2. The van der Waals surface area contributed by atoms with Crippen LogP contribution >= 0.6 is 11.8 Å². The summed E-state index contributed by atoms with van der Waals surface area (Å²) in [6, 6.07) is 8.54. The average molecular weight is 308 g/mol. The largest absolute Gasteiger partial charge is 0.496 e. The molecule has 1 aliphatic rings. The van der Waals surface area contributed by atoms with E-state index in [0.717, 1.165) is 23.3 Å². The van der Waals surface area contributed by atoms with E-state index in [0.29, 0.717) is 5.25 Å². The van der Waals surface area contributed by atoms with Crippen LogP contribution in [0.1, 0.15) is 56.8 Å². The van der Waals surface area contributed by atoms with Gasteiger partial charge in [-0.3, -0.25) is 0 Å². The van der Waals surface area contributed by atoms with Crippen LogP contribution in [0.3, 0.4) is 0 Å². The van der Waals surface area contributed by atoms with E-state index in [-0.39, 0.29) is 6.04 Å². The molecule has 0 aromatic heterocycles. The molecule has 2 N–H and O–H groups in total. The molecule has 1 saturated carbocycles. The quantitative estimate of drug-likeness (QED) is 0.821. The predicted octanol–water partition coefficient (Wildman–Crippen LogP) is 4.79. The normalized spacial score (nSPS) is 25.3. The number of para-hydroxylation sites is 1. The zero-order valence-corrected chi connectivity index (χ0v) is 14.4. The SMILES string of the molecule is CCC(N)C(SC1CCCC(C)C1)c1ccccc1OC. The van der Waals surface area contributed by atoms with Crippen molar-refractivity contribution in [3.63, 3.8) is 0 Å². The van der Waals surface area contributed by atoms with E-state index in [9.17, 15) is 0 Å². The fraction of sp³-hybridized carbons (Fsp3) is 0.667. The number of ether oxygens (including phenoxy) is 1. The molecule has 1 aromatic carbocycles. The third-order valence-corrected chi connectivity index (χ3v) is 6.24. The van der Waals surface area contributed by atoms with Gasteiger partial charge in [0.15, 0.2) is 0 Å². The fourth-order valence-corrected chi connectivity index (χ4v) is 5.12. The summed E-state index contributed by atoms with van der Waals surface area (Å²) in [6.07, 6.45) is 6.40. The van der Waals surface area contributed by atoms with Crippen molar-refractivity contribution >= 4 is 11.8 Å². The Morgan fingerprint density at radius 1 is 1.33 bits per heavy atom. The van der Waals surface area contributed by atoms with Crippen LogP contribution in [0.4, 0.5) is 0 Å². The number of hydrogen-bond acceptors (Lipinski definition) is 3. The van der Waals surface area contributed by atoms with Crippen molar-refractivity contribution in [2.75, 3.05) is 7.11 Å². The fourth-order valence-electron chi connectivity index (χ4n) is 3.23. The van der Waals surface area contributed by atoms with E-state index >= 15 is 0 Å². The first-order valence-electron chi connectivity index (χ1n) is 8.19. The lowest BCUT2D eigenvalue weighted by Crippen LogP contribution is -2.28. The number of nitrogens with two attached hydrogens (primary N) is 1. The van der Waals surface area contributed by atoms with Crippen molar-refractivity contribution in [2.45, 2.75) is 62.5 Å². The van der Waals surface area contributed by atoms with Crippen molar-refractivity contribution < 1.29 is 4.74 Å². The van der Waals surface area contributed by atoms with E-state index in [1.807, 2.05) is 6.07 Å². The Bertz CT molecular complexity index is 437. The van der Waals surface area contributed by atoms with Crippen LogP contribution in [0.2, 0.25) is 0 Å². The molecule has 0 radical (unpaired) electrons. The maximum Gasteiger partial charge on any atom is 0.123 e. The molecule has 1 aromatic rings. The van der Waals surface area contributed by atoms with Gasteiger partial charge in [-0.15, -0.1) is 11.8 Å². The van der Waals surface area contributed by atoms with Crippen molar-refractivity contribution in [3.05, 3.63) is 29.8 Å². The number of rotatable bonds is 6. The molecule has 0 saturated heterocycles. The number of hydrogen-bond donors (Lipinski definition) is 1. The molecule has 0 spiro atoms. The number of benzene rings is 1. The zero-order chi connectivity index (χ0) is 15.2. The van der Waals surface area contributed by atoms with Gasteiger partial charge >= 0.3 is 0 Å². The van der Waals surface area contributed by atoms with E-state index in [1.165, 1.54) is 31.2 Å². The van der Waals surface area contributed by atoms with Gasteiger partial charge in [0.25, 0.3) is 0 Å². The molecule has 4 unspecified atom stereocenters. The third-order valence-electron chi connectivity index (χ3n) is 4.53. The maximum absolute atomic E-state index is 6.45. The Kier molecular flexibility index (Phi) is 6.43. The van der Waals surface area contributed by atoms with Crippen LogP contribution in [0.5, 0.6) is 5.75 Å².